The standard InChI is InChI=1S/C11H20O3/c1-7(2)11(6,9(5)12)10(13)14-8(3)4/h7-8H,1-6H3. The minimum atomic E-state index is -1.01. The smallest absolute Gasteiger partial charge is 0.319 e. The Hall–Kier alpha value is -0.860. The van der Waals surface area contributed by atoms with Crippen LogP contribution in [0.1, 0.15) is 41.5 Å². The third-order valence-electron chi connectivity index (χ3n) is 2.65. The molecule has 0 aromatic rings. The van der Waals surface area contributed by atoms with Gasteiger partial charge in [0.15, 0.2) is 0 Å². The van der Waals surface area contributed by atoms with Crippen LogP contribution in [-0.4, -0.2) is 17.9 Å². The molecule has 1 atom stereocenters. The number of esters is 1. The summed E-state index contributed by atoms with van der Waals surface area (Å²) < 4.78 is 5.08. The van der Waals surface area contributed by atoms with Crippen molar-refractivity contribution in [3.8, 4) is 0 Å². The van der Waals surface area contributed by atoms with Crippen molar-refractivity contribution in [3.05, 3.63) is 0 Å². The average molecular weight is 200 g/mol. The van der Waals surface area contributed by atoms with Crippen molar-refractivity contribution in [1.29, 1.82) is 0 Å². The Morgan fingerprint density at radius 3 is 1.79 bits per heavy atom. The molecule has 0 aliphatic carbocycles. The molecule has 0 aromatic heterocycles. The summed E-state index contributed by atoms with van der Waals surface area (Å²) in [5, 5.41) is 0. The maximum atomic E-state index is 11.7. The fraction of sp³-hybridized carbons (Fsp3) is 0.818. The average Bonchev–Trinajstić information content (AvgIpc) is 2.00. The van der Waals surface area contributed by atoms with E-state index in [2.05, 4.69) is 0 Å². The molecule has 0 radical (unpaired) electrons. The van der Waals surface area contributed by atoms with Gasteiger partial charge in [-0.25, -0.2) is 0 Å². The molecule has 3 heteroatoms. The van der Waals surface area contributed by atoms with Crippen LogP contribution in [0.3, 0.4) is 0 Å². The molecular weight excluding hydrogens is 180 g/mol. The Labute approximate surface area is 85.8 Å². The molecule has 0 aromatic carbocycles. The van der Waals surface area contributed by atoms with E-state index in [1.54, 1.807) is 20.8 Å². The summed E-state index contributed by atoms with van der Waals surface area (Å²) in [5.41, 5.74) is -1.01. The van der Waals surface area contributed by atoms with Crippen LogP contribution >= 0.6 is 0 Å². The van der Waals surface area contributed by atoms with E-state index in [1.807, 2.05) is 13.8 Å². The number of Topliss-reactive ketones (excluding diaryl/α,β-unsaturated/α-hetero) is 1. The number of carbonyl (C=O) groups is 2. The molecule has 0 rings (SSSR count). The van der Waals surface area contributed by atoms with Crippen molar-refractivity contribution in [1.82, 2.24) is 0 Å². The number of ether oxygens (including phenoxy) is 1. The van der Waals surface area contributed by atoms with Crippen LogP contribution in [0.5, 0.6) is 0 Å². The van der Waals surface area contributed by atoms with Gasteiger partial charge in [0.05, 0.1) is 6.10 Å². The lowest BCUT2D eigenvalue weighted by Crippen LogP contribution is -2.42. The third kappa shape index (κ3) is 2.56. The largest absolute Gasteiger partial charge is 0.462 e. The first kappa shape index (κ1) is 13.1. The molecule has 82 valence electrons. The molecule has 0 saturated heterocycles. The number of carbonyl (C=O) groups excluding carboxylic acids is 2. The van der Waals surface area contributed by atoms with E-state index < -0.39 is 11.4 Å². The van der Waals surface area contributed by atoms with Crippen LogP contribution in [0, 0.1) is 11.3 Å². The highest BCUT2D eigenvalue weighted by Crippen LogP contribution is 2.30. The molecule has 0 saturated carbocycles. The van der Waals surface area contributed by atoms with Gasteiger partial charge in [0.1, 0.15) is 11.2 Å². The highest BCUT2D eigenvalue weighted by molar-refractivity contribution is 6.02. The monoisotopic (exact) mass is 200 g/mol. The Bertz CT molecular complexity index is 231. The molecule has 0 aliphatic heterocycles. The molecule has 14 heavy (non-hydrogen) atoms. The van der Waals surface area contributed by atoms with Gasteiger partial charge in [-0.05, 0) is 33.6 Å². The molecule has 0 N–H and O–H groups in total. The van der Waals surface area contributed by atoms with Gasteiger partial charge in [-0.1, -0.05) is 13.8 Å². The Morgan fingerprint density at radius 1 is 1.14 bits per heavy atom. The summed E-state index contributed by atoms with van der Waals surface area (Å²) in [6.07, 6.45) is -0.181. The van der Waals surface area contributed by atoms with Crippen LogP contribution in [0.2, 0.25) is 0 Å². The van der Waals surface area contributed by atoms with Crippen LogP contribution in [0.15, 0.2) is 0 Å². The maximum Gasteiger partial charge on any atom is 0.319 e. The van der Waals surface area contributed by atoms with Gasteiger partial charge in [0.25, 0.3) is 0 Å². The summed E-state index contributed by atoms with van der Waals surface area (Å²) in [5.74, 6) is -0.612. The molecule has 0 bridgehead atoms. The SMILES string of the molecule is CC(=O)C(C)(C(=O)OC(C)C)C(C)C. The van der Waals surface area contributed by atoms with Crippen molar-refractivity contribution in [3.63, 3.8) is 0 Å². The second-order valence-electron chi connectivity index (χ2n) is 4.37. The number of rotatable bonds is 4. The normalized spacial score (nSPS) is 15.4. The topological polar surface area (TPSA) is 43.4 Å². The number of hydrogen-bond donors (Lipinski definition) is 0. The van der Waals surface area contributed by atoms with Crippen molar-refractivity contribution in [2.45, 2.75) is 47.6 Å². The van der Waals surface area contributed by atoms with E-state index in [1.165, 1.54) is 6.92 Å². The van der Waals surface area contributed by atoms with Gasteiger partial charge in [-0.15, -0.1) is 0 Å². The fourth-order valence-electron chi connectivity index (χ4n) is 1.12. The van der Waals surface area contributed by atoms with E-state index in [4.69, 9.17) is 4.74 Å². The van der Waals surface area contributed by atoms with Gasteiger partial charge in [-0.2, -0.15) is 0 Å². The van der Waals surface area contributed by atoms with Crippen LogP contribution in [-0.2, 0) is 14.3 Å². The Kier molecular flexibility index (Phi) is 4.30. The van der Waals surface area contributed by atoms with Gasteiger partial charge in [-0.3, -0.25) is 9.59 Å². The van der Waals surface area contributed by atoms with Gasteiger partial charge >= 0.3 is 5.97 Å². The highest BCUT2D eigenvalue weighted by atomic mass is 16.5. The maximum absolute atomic E-state index is 11.7. The Morgan fingerprint density at radius 2 is 1.57 bits per heavy atom. The third-order valence-corrected chi connectivity index (χ3v) is 2.65. The van der Waals surface area contributed by atoms with Gasteiger partial charge in [0, 0.05) is 0 Å². The van der Waals surface area contributed by atoms with Gasteiger partial charge < -0.3 is 4.74 Å². The first-order chi connectivity index (χ1) is 6.22. The second kappa shape index (κ2) is 4.58. The van der Waals surface area contributed by atoms with Crippen molar-refractivity contribution in [2.24, 2.45) is 11.3 Å². The quantitative estimate of drug-likeness (QED) is 0.516. The first-order valence-corrected chi connectivity index (χ1v) is 4.95. The lowest BCUT2D eigenvalue weighted by atomic mass is 9.76. The van der Waals surface area contributed by atoms with Crippen LogP contribution in [0.25, 0.3) is 0 Å². The molecule has 1 unspecified atom stereocenters. The summed E-state index contributed by atoms with van der Waals surface area (Å²) in [6, 6.07) is 0. The van der Waals surface area contributed by atoms with Crippen molar-refractivity contribution >= 4 is 11.8 Å². The molecule has 0 spiro atoms. The molecule has 0 fully saturated rings. The predicted octanol–water partition coefficient (Wildman–Crippen LogP) is 2.19. The number of ketones is 1. The second-order valence-corrected chi connectivity index (χ2v) is 4.37. The van der Waals surface area contributed by atoms with Gasteiger partial charge in [0.2, 0.25) is 0 Å². The zero-order valence-corrected chi connectivity index (χ0v) is 9.88. The highest BCUT2D eigenvalue weighted by Gasteiger charge is 2.43. The molecule has 0 aliphatic rings. The summed E-state index contributed by atoms with van der Waals surface area (Å²) in [4.78, 5) is 23.1. The van der Waals surface area contributed by atoms with Crippen molar-refractivity contribution in [2.75, 3.05) is 0 Å². The molecule has 0 amide bonds. The molecular formula is C11H20O3. The summed E-state index contributed by atoms with van der Waals surface area (Å²) >= 11 is 0. The van der Waals surface area contributed by atoms with E-state index in [0.29, 0.717) is 0 Å². The minimum Gasteiger partial charge on any atom is -0.462 e. The van der Waals surface area contributed by atoms with E-state index in [-0.39, 0.29) is 17.8 Å². The summed E-state index contributed by atoms with van der Waals surface area (Å²) in [6.45, 7) is 10.3. The number of hydrogen-bond acceptors (Lipinski definition) is 3. The minimum absolute atomic E-state index is 0.0498. The zero-order valence-electron chi connectivity index (χ0n) is 9.88. The van der Waals surface area contributed by atoms with Crippen LogP contribution in [0.4, 0.5) is 0 Å². The zero-order chi connectivity index (χ0) is 11.5. The summed E-state index contributed by atoms with van der Waals surface area (Å²) in [7, 11) is 0. The fourth-order valence-corrected chi connectivity index (χ4v) is 1.12. The lowest BCUT2D eigenvalue weighted by molar-refractivity contribution is -0.165. The van der Waals surface area contributed by atoms with E-state index >= 15 is 0 Å². The predicted molar refractivity (Wildman–Crippen MR) is 54.9 cm³/mol. The van der Waals surface area contributed by atoms with E-state index in [9.17, 15) is 9.59 Å². The molecule has 0 heterocycles. The van der Waals surface area contributed by atoms with Crippen molar-refractivity contribution < 1.29 is 14.3 Å². The Balaban J connectivity index is 4.84. The van der Waals surface area contributed by atoms with Crippen LogP contribution < -0.4 is 0 Å². The van der Waals surface area contributed by atoms with E-state index in [0.717, 1.165) is 0 Å². The molecule has 3 nitrogen and oxygen atoms in total. The first-order valence-electron chi connectivity index (χ1n) is 4.95. The lowest BCUT2D eigenvalue weighted by Gasteiger charge is -2.29.